The van der Waals surface area contributed by atoms with E-state index in [4.69, 9.17) is 4.42 Å². The predicted octanol–water partition coefficient (Wildman–Crippen LogP) is 2.74. The van der Waals surface area contributed by atoms with Crippen LogP contribution in [0.4, 0.5) is 0 Å². The van der Waals surface area contributed by atoms with Gasteiger partial charge in [0.1, 0.15) is 6.33 Å². The Morgan fingerprint density at radius 2 is 2.17 bits per heavy atom. The fourth-order valence-corrected chi connectivity index (χ4v) is 4.24. The first kappa shape index (κ1) is 18.6. The molecule has 1 aliphatic heterocycles. The minimum atomic E-state index is -0.221. The quantitative estimate of drug-likeness (QED) is 0.486. The van der Waals surface area contributed by atoms with Gasteiger partial charge in [-0.2, -0.15) is 5.10 Å². The number of benzene rings is 1. The molecule has 154 valence electrons. The Labute approximate surface area is 173 Å². The van der Waals surface area contributed by atoms with Gasteiger partial charge in [-0.05, 0) is 49.0 Å². The molecule has 4 heterocycles. The molecular formula is C22H24N6O2. The number of furan rings is 1. The van der Waals surface area contributed by atoms with Crippen molar-refractivity contribution in [1.29, 1.82) is 0 Å². The van der Waals surface area contributed by atoms with E-state index in [1.54, 1.807) is 17.8 Å². The van der Waals surface area contributed by atoms with Gasteiger partial charge >= 0.3 is 0 Å². The second-order valence-electron chi connectivity index (χ2n) is 7.82. The molecule has 1 saturated heterocycles. The van der Waals surface area contributed by atoms with Crippen LogP contribution in [0.2, 0.25) is 0 Å². The maximum absolute atomic E-state index is 13.0. The first-order valence-electron chi connectivity index (χ1n) is 10.1. The van der Waals surface area contributed by atoms with Crippen molar-refractivity contribution in [2.45, 2.75) is 25.3 Å². The van der Waals surface area contributed by atoms with Crippen LogP contribution in [0.3, 0.4) is 0 Å². The van der Waals surface area contributed by atoms with Gasteiger partial charge in [0, 0.05) is 30.7 Å². The van der Waals surface area contributed by atoms with E-state index < -0.39 is 0 Å². The van der Waals surface area contributed by atoms with Gasteiger partial charge in [0.2, 0.25) is 0 Å². The SMILES string of the molecule is Cc1cc(C(=O)N[C@H]2CNCC[C@@H]2c2cc3ccccc3[nH]2)oc1-c1ncnn1C. The molecule has 3 N–H and O–H groups in total. The number of nitrogens with zero attached hydrogens (tertiary/aromatic N) is 3. The van der Waals surface area contributed by atoms with Gasteiger partial charge in [0.25, 0.3) is 5.91 Å². The lowest BCUT2D eigenvalue weighted by Gasteiger charge is -2.32. The van der Waals surface area contributed by atoms with Crippen LogP contribution >= 0.6 is 0 Å². The summed E-state index contributed by atoms with van der Waals surface area (Å²) in [6, 6.07) is 12.1. The number of para-hydroxylation sites is 1. The van der Waals surface area contributed by atoms with Crippen LogP contribution in [0, 0.1) is 6.92 Å². The van der Waals surface area contributed by atoms with E-state index in [2.05, 4.69) is 43.9 Å². The van der Waals surface area contributed by atoms with Crippen LogP contribution in [0.1, 0.15) is 34.2 Å². The van der Waals surface area contributed by atoms with E-state index in [0.29, 0.717) is 18.1 Å². The smallest absolute Gasteiger partial charge is 0.287 e. The highest BCUT2D eigenvalue weighted by Crippen LogP contribution is 2.29. The summed E-state index contributed by atoms with van der Waals surface area (Å²) in [5, 5.41) is 11.8. The molecule has 4 aromatic rings. The van der Waals surface area contributed by atoms with Crippen molar-refractivity contribution in [2.24, 2.45) is 7.05 Å². The second kappa shape index (κ2) is 7.46. The van der Waals surface area contributed by atoms with Gasteiger partial charge in [-0.15, -0.1) is 0 Å². The highest BCUT2D eigenvalue weighted by atomic mass is 16.4. The first-order valence-corrected chi connectivity index (χ1v) is 10.1. The molecule has 0 spiro atoms. The van der Waals surface area contributed by atoms with Crippen LogP contribution in [-0.2, 0) is 7.05 Å². The molecule has 0 saturated carbocycles. The lowest BCUT2D eigenvalue weighted by molar-refractivity contribution is 0.0896. The number of rotatable bonds is 4. The minimum Gasteiger partial charge on any atom is -0.447 e. The standard InChI is InChI=1S/C22H24N6O2/c1-13-9-19(30-20(13)21-24-12-25-28(21)2)22(29)27-18-11-23-8-7-15(18)17-10-14-5-3-4-6-16(14)26-17/h3-6,9-10,12,15,18,23,26H,7-8,11H2,1-2H3,(H,27,29)/t15-,18+/m1/s1. The minimum absolute atomic E-state index is 0.0389. The molecule has 8 nitrogen and oxygen atoms in total. The molecule has 0 aliphatic carbocycles. The van der Waals surface area contributed by atoms with Crippen molar-refractivity contribution < 1.29 is 9.21 Å². The molecule has 0 radical (unpaired) electrons. The van der Waals surface area contributed by atoms with Crippen LogP contribution in [0.5, 0.6) is 0 Å². The summed E-state index contributed by atoms with van der Waals surface area (Å²) in [7, 11) is 1.79. The van der Waals surface area contributed by atoms with Gasteiger partial charge < -0.3 is 20.0 Å². The zero-order valence-electron chi connectivity index (χ0n) is 17.0. The number of carbonyl (C=O) groups is 1. The van der Waals surface area contributed by atoms with Crippen molar-refractivity contribution in [3.05, 3.63) is 59.7 Å². The summed E-state index contributed by atoms with van der Waals surface area (Å²) in [6.45, 7) is 3.53. The molecule has 1 fully saturated rings. The fourth-order valence-electron chi connectivity index (χ4n) is 4.24. The Balaban J connectivity index is 1.38. The van der Waals surface area contributed by atoms with E-state index in [1.165, 1.54) is 11.7 Å². The number of aromatic amines is 1. The zero-order chi connectivity index (χ0) is 20.7. The monoisotopic (exact) mass is 404 g/mol. The number of hydrogen-bond donors (Lipinski definition) is 3. The van der Waals surface area contributed by atoms with Gasteiger partial charge in [-0.25, -0.2) is 9.67 Å². The summed E-state index contributed by atoms with van der Waals surface area (Å²) < 4.78 is 7.50. The Hall–Kier alpha value is -3.39. The van der Waals surface area contributed by atoms with Crippen molar-refractivity contribution in [3.63, 3.8) is 0 Å². The normalized spacial score (nSPS) is 19.3. The number of piperidine rings is 1. The Bertz CT molecular complexity index is 1170. The van der Waals surface area contributed by atoms with E-state index >= 15 is 0 Å². The number of aromatic nitrogens is 4. The van der Waals surface area contributed by atoms with Crippen molar-refractivity contribution in [2.75, 3.05) is 13.1 Å². The average molecular weight is 404 g/mol. The summed E-state index contributed by atoms with van der Waals surface area (Å²) in [5.41, 5.74) is 3.12. The second-order valence-corrected chi connectivity index (χ2v) is 7.82. The molecule has 30 heavy (non-hydrogen) atoms. The highest BCUT2D eigenvalue weighted by molar-refractivity contribution is 5.92. The van der Waals surface area contributed by atoms with Crippen molar-refractivity contribution in [3.8, 4) is 11.6 Å². The summed E-state index contributed by atoms with van der Waals surface area (Å²) >= 11 is 0. The van der Waals surface area contributed by atoms with Gasteiger partial charge in [-0.1, -0.05) is 18.2 Å². The lowest BCUT2D eigenvalue weighted by Crippen LogP contribution is -2.50. The number of H-pyrrole nitrogens is 1. The molecule has 1 aliphatic rings. The lowest BCUT2D eigenvalue weighted by atomic mass is 9.89. The van der Waals surface area contributed by atoms with Crippen LogP contribution in [-0.4, -0.2) is 44.8 Å². The largest absolute Gasteiger partial charge is 0.447 e. The Morgan fingerprint density at radius 1 is 1.30 bits per heavy atom. The fraction of sp³-hybridized carbons (Fsp3) is 0.318. The maximum atomic E-state index is 13.0. The molecule has 5 rings (SSSR count). The number of fused-ring (bicyclic) bond motifs is 1. The average Bonchev–Trinajstić information content (AvgIpc) is 3.46. The van der Waals surface area contributed by atoms with Gasteiger partial charge in [-0.3, -0.25) is 4.79 Å². The van der Waals surface area contributed by atoms with E-state index in [0.717, 1.165) is 29.7 Å². The molecule has 0 unspecified atom stereocenters. The summed E-state index contributed by atoms with van der Waals surface area (Å²) in [5.74, 6) is 1.43. The zero-order valence-corrected chi connectivity index (χ0v) is 17.0. The van der Waals surface area contributed by atoms with E-state index in [9.17, 15) is 4.79 Å². The molecule has 1 aromatic carbocycles. The first-order chi connectivity index (χ1) is 14.6. The molecule has 0 bridgehead atoms. The molecule has 2 atom stereocenters. The van der Waals surface area contributed by atoms with E-state index in [-0.39, 0.29) is 23.6 Å². The molecule has 1 amide bonds. The van der Waals surface area contributed by atoms with E-state index in [1.807, 2.05) is 19.1 Å². The van der Waals surface area contributed by atoms with Crippen LogP contribution in [0.15, 0.2) is 47.1 Å². The Kier molecular flexibility index (Phi) is 4.63. The number of hydrogen-bond acceptors (Lipinski definition) is 5. The van der Waals surface area contributed by atoms with Crippen molar-refractivity contribution >= 4 is 16.8 Å². The highest BCUT2D eigenvalue weighted by Gasteiger charge is 2.30. The Morgan fingerprint density at radius 3 is 2.97 bits per heavy atom. The molecule has 3 aromatic heterocycles. The topological polar surface area (TPSA) is 101 Å². The number of carbonyl (C=O) groups excluding carboxylic acids is 1. The van der Waals surface area contributed by atoms with Gasteiger partial charge in [0.05, 0.1) is 6.04 Å². The maximum Gasteiger partial charge on any atom is 0.287 e. The molecular weight excluding hydrogens is 380 g/mol. The predicted molar refractivity (Wildman–Crippen MR) is 113 cm³/mol. The van der Waals surface area contributed by atoms with Gasteiger partial charge in [0.15, 0.2) is 17.3 Å². The van der Waals surface area contributed by atoms with Crippen molar-refractivity contribution in [1.82, 2.24) is 30.4 Å². The number of amides is 1. The summed E-state index contributed by atoms with van der Waals surface area (Å²) in [6.07, 6.45) is 2.41. The number of nitrogens with one attached hydrogen (secondary N) is 3. The third kappa shape index (κ3) is 3.29. The van der Waals surface area contributed by atoms with Crippen LogP contribution in [0.25, 0.3) is 22.5 Å². The summed E-state index contributed by atoms with van der Waals surface area (Å²) in [4.78, 5) is 20.7. The molecule has 8 heteroatoms. The number of aryl methyl sites for hydroxylation is 2. The van der Waals surface area contributed by atoms with Crippen LogP contribution < -0.4 is 10.6 Å². The third-order valence-corrected chi connectivity index (χ3v) is 5.80. The third-order valence-electron chi connectivity index (χ3n) is 5.80.